The van der Waals surface area contributed by atoms with Gasteiger partial charge in [-0.1, -0.05) is 59.6 Å². The number of nitrogens with one attached hydrogen (secondary N) is 4. The Bertz CT molecular complexity index is 2410. The van der Waals surface area contributed by atoms with Gasteiger partial charge in [0.25, 0.3) is 5.56 Å². The standard InChI is InChI=1S/C42H41Cl2N7O4/c1-55-41-26(19-45-22-28-9-12-38(52)48-28)16-35(43)36(50-41)17-24-8-11-33-30(24)4-2-6-32(33)34-7-3-5-31(40(34)44)25-14-15-51-37(18-25)47-21-27(42(51)54)20-46-23-29-10-13-39(53)49-29/h2-7,14-18,21,28-29,45-46H,8-13,19-20,22-23H2,1H3,(H,48,52)(H,49,53)/b24-17+/t28-,29+/m0/s1. The van der Waals surface area contributed by atoms with Crippen LogP contribution in [0.5, 0.6) is 5.88 Å². The summed E-state index contributed by atoms with van der Waals surface area (Å²) < 4.78 is 7.21. The molecular formula is C42H41Cl2N7O4. The number of amides is 2. The molecule has 2 fully saturated rings. The van der Waals surface area contributed by atoms with Crippen LogP contribution < -0.4 is 31.6 Å². The van der Waals surface area contributed by atoms with Gasteiger partial charge in [0, 0.05) is 85.8 Å². The van der Waals surface area contributed by atoms with Crippen molar-refractivity contribution in [3.63, 3.8) is 0 Å². The van der Waals surface area contributed by atoms with Gasteiger partial charge in [-0.3, -0.25) is 18.8 Å². The molecular weight excluding hydrogens is 737 g/mol. The van der Waals surface area contributed by atoms with Crippen molar-refractivity contribution in [3.8, 4) is 28.1 Å². The van der Waals surface area contributed by atoms with Crippen molar-refractivity contribution in [2.45, 2.75) is 63.7 Å². The van der Waals surface area contributed by atoms with Gasteiger partial charge in [-0.2, -0.15) is 0 Å². The minimum Gasteiger partial charge on any atom is -0.481 e. The van der Waals surface area contributed by atoms with Gasteiger partial charge in [-0.15, -0.1) is 0 Å². The summed E-state index contributed by atoms with van der Waals surface area (Å²) in [4.78, 5) is 45.8. The highest BCUT2D eigenvalue weighted by Crippen LogP contribution is 2.44. The second-order valence-electron chi connectivity index (χ2n) is 14.3. The Balaban J connectivity index is 1.01. The number of hydrogen-bond donors (Lipinski definition) is 4. The SMILES string of the molecule is COc1nc(/C=C2\CCc3c2cccc3-c2cccc(-c3ccn4c(=O)c(CNC[C@H]5CCC(=O)N5)cnc4c3)c2Cl)c(Cl)cc1CNC[C@@H]1CCC(=O)N1. The van der Waals surface area contributed by atoms with E-state index in [2.05, 4.69) is 44.5 Å². The molecule has 2 amide bonds. The van der Waals surface area contributed by atoms with E-state index in [1.807, 2.05) is 42.5 Å². The number of rotatable bonds is 12. The third-order valence-electron chi connectivity index (χ3n) is 10.7. The molecule has 5 aromatic rings. The molecule has 0 unspecified atom stereocenters. The van der Waals surface area contributed by atoms with E-state index in [4.69, 9.17) is 32.9 Å². The maximum atomic E-state index is 13.3. The van der Waals surface area contributed by atoms with Gasteiger partial charge in [0.2, 0.25) is 17.7 Å². The Morgan fingerprint density at radius 1 is 0.836 bits per heavy atom. The predicted octanol–water partition coefficient (Wildman–Crippen LogP) is 5.96. The summed E-state index contributed by atoms with van der Waals surface area (Å²) in [6.07, 6.45) is 9.78. The van der Waals surface area contributed by atoms with E-state index < -0.39 is 0 Å². The first kappa shape index (κ1) is 36.9. The van der Waals surface area contributed by atoms with Gasteiger partial charge in [0.05, 0.1) is 22.8 Å². The smallest absolute Gasteiger partial charge is 0.262 e. The zero-order valence-electron chi connectivity index (χ0n) is 30.4. The molecule has 8 rings (SSSR count). The summed E-state index contributed by atoms with van der Waals surface area (Å²) in [7, 11) is 1.61. The lowest BCUT2D eigenvalue weighted by Crippen LogP contribution is -2.36. The van der Waals surface area contributed by atoms with E-state index in [1.165, 1.54) is 5.56 Å². The van der Waals surface area contributed by atoms with E-state index in [0.29, 0.717) is 71.9 Å². The van der Waals surface area contributed by atoms with Crippen molar-refractivity contribution in [3.05, 3.63) is 115 Å². The highest BCUT2D eigenvalue weighted by Gasteiger charge is 2.24. The normalized spacial score (nSPS) is 18.6. The van der Waals surface area contributed by atoms with Crippen molar-refractivity contribution in [2.24, 2.45) is 0 Å². The lowest BCUT2D eigenvalue weighted by Gasteiger charge is -2.15. The van der Waals surface area contributed by atoms with Crippen LogP contribution in [0.2, 0.25) is 10.0 Å². The minimum absolute atomic E-state index is 0.0670. The fourth-order valence-corrected chi connectivity index (χ4v) is 8.40. The fourth-order valence-electron chi connectivity index (χ4n) is 7.83. The van der Waals surface area contributed by atoms with E-state index >= 15 is 0 Å². The molecule has 13 heteroatoms. The molecule has 0 spiro atoms. The summed E-state index contributed by atoms with van der Waals surface area (Å²) in [5, 5.41) is 13.7. The van der Waals surface area contributed by atoms with Gasteiger partial charge in [-0.05, 0) is 77.8 Å². The van der Waals surface area contributed by atoms with Crippen LogP contribution in [-0.2, 0) is 29.1 Å². The zero-order valence-corrected chi connectivity index (χ0v) is 31.9. The van der Waals surface area contributed by atoms with Gasteiger partial charge in [0.15, 0.2) is 0 Å². The molecule has 2 aliphatic heterocycles. The largest absolute Gasteiger partial charge is 0.481 e. The number of methoxy groups -OCH3 is 1. The van der Waals surface area contributed by atoms with Crippen LogP contribution in [0, 0.1) is 0 Å². The van der Waals surface area contributed by atoms with Gasteiger partial charge in [0.1, 0.15) is 5.65 Å². The maximum absolute atomic E-state index is 13.3. The average Bonchev–Trinajstić information content (AvgIpc) is 3.93. The van der Waals surface area contributed by atoms with Gasteiger partial charge < -0.3 is 26.0 Å². The number of allylic oxidation sites excluding steroid dienone is 1. The Hall–Kier alpha value is -5.07. The second-order valence-corrected chi connectivity index (χ2v) is 15.1. The van der Waals surface area contributed by atoms with Gasteiger partial charge >= 0.3 is 0 Å². The van der Waals surface area contributed by atoms with Crippen molar-refractivity contribution >= 4 is 52.3 Å². The van der Waals surface area contributed by atoms with Crippen LogP contribution in [0.3, 0.4) is 0 Å². The van der Waals surface area contributed by atoms with Crippen LogP contribution in [0.25, 0.3) is 39.6 Å². The summed E-state index contributed by atoms with van der Waals surface area (Å²) in [6.45, 7) is 2.14. The molecule has 2 saturated heterocycles. The molecule has 0 saturated carbocycles. The molecule has 0 bridgehead atoms. The van der Waals surface area contributed by atoms with Gasteiger partial charge in [-0.25, -0.2) is 9.97 Å². The van der Waals surface area contributed by atoms with Crippen molar-refractivity contribution in [1.82, 2.24) is 35.6 Å². The summed E-state index contributed by atoms with van der Waals surface area (Å²) in [5.74, 6) is 0.668. The molecule has 2 atom stereocenters. The number of ether oxygens (including phenoxy) is 1. The molecule has 282 valence electrons. The minimum atomic E-state index is -0.141. The zero-order chi connectivity index (χ0) is 38.1. The molecule has 4 N–H and O–H groups in total. The summed E-state index contributed by atoms with van der Waals surface area (Å²) >= 11 is 14.0. The van der Waals surface area contributed by atoms with Crippen molar-refractivity contribution in [2.75, 3.05) is 20.2 Å². The first-order valence-electron chi connectivity index (χ1n) is 18.6. The average molecular weight is 779 g/mol. The second kappa shape index (κ2) is 16.0. The fraction of sp³-hybridized carbons (Fsp3) is 0.310. The van der Waals surface area contributed by atoms with E-state index in [1.54, 1.807) is 23.9 Å². The van der Waals surface area contributed by atoms with E-state index in [9.17, 15) is 14.4 Å². The number of fused-ring (bicyclic) bond motifs is 2. The van der Waals surface area contributed by atoms with Crippen LogP contribution in [0.4, 0.5) is 0 Å². The maximum Gasteiger partial charge on any atom is 0.262 e. The monoisotopic (exact) mass is 777 g/mol. The van der Waals surface area contributed by atoms with Crippen LogP contribution in [0.1, 0.15) is 60.1 Å². The Kier molecular flexibility index (Phi) is 10.7. The Morgan fingerprint density at radius 3 is 2.20 bits per heavy atom. The Labute approximate surface area is 328 Å². The lowest BCUT2D eigenvalue weighted by molar-refractivity contribution is -0.120. The van der Waals surface area contributed by atoms with Crippen molar-refractivity contribution in [1.29, 1.82) is 0 Å². The number of nitrogens with zero attached hydrogens (tertiary/aromatic N) is 3. The van der Waals surface area contributed by atoms with Crippen LogP contribution in [-0.4, -0.2) is 58.5 Å². The van der Waals surface area contributed by atoms with E-state index in [-0.39, 0.29) is 29.5 Å². The number of halogens is 2. The lowest BCUT2D eigenvalue weighted by atomic mass is 9.93. The highest BCUT2D eigenvalue weighted by molar-refractivity contribution is 6.36. The molecule has 1 aliphatic carbocycles. The highest BCUT2D eigenvalue weighted by atomic mass is 35.5. The third kappa shape index (κ3) is 7.75. The number of pyridine rings is 2. The number of carbonyl (C=O) groups excluding carboxylic acids is 2. The van der Waals surface area contributed by atoms with Crippen molar-refractivity contribution < 1.29 is 14.3 Å². The molecule has 0 radical (unpaired) electrons. The number of carbonyl (C=O) groups is 2. The summed E-state index contributed by atoms with van der Waals surface area (Å²) in [6, 6.07) is 18.2. The van der Waals surface area contributed by atoms with Crippen LogP contribution in [0.15, 0.2) is 71.8 Å². The molecule has 5 heterocycles. The molecule has 55 heavy (non-hydrogen) atoms. The molecule has 11 nitrogen and oxygen atoms in total. The first-order valence-corrected chi connectivity index (χ1v) is 19.4. The number of aromatic nitrogens is 3. The Morgan fingerprint density at radius 2 is 1.51 bits per heavy atom. The number of benzene rings is 2. The number of hydrogen-bond acceptors (Lipinski definition) is 8. The third-order valence-corrected chi connectivity index (χ3v) is 11.4. The predicted molar refractivity (Wildman–Crippen MR) is 215 cm³/mol. The molecule has 3 aliphatic rings. The molecule has 3 aromatic heterocycles. The van der Waals surface area contributed by atoms with E-state index in [0.717, 1.165) is 64.6 Å². The van der Waals surface area contributed by atoms with Crippen LogP contribution >= 0.6 is 23.2 Å². The quantitative estimate of drug-likeness (QED) is 0.122. The topological polar surface area (TPSA) is 139 Å². The molecule has 2 aromatic carbocycles. The first-order chi connectivity index (χ1) is 26.7. The summed E-state index contributed by atoms with van der Waals surface area (Å²) in [5.41, 5.74) is 9.59.